The standard InChI is InChI=1S/C28H30F2N6O5S/c1-15-17(3-4-18(29)21(15)30)22-20(25(37)41-2)19(32-23(33-22)24-31-7-10-42-24)13-34-8-9-36-16(11-34)12-35(27(36)40)14-28(5-6-28)26(38)39/h3-4,7,10,16,22H,5-6,8-9,11-14H2,1-2H3,(H,32,33)(H,38,39). The maximum absolute atomic E-state index is 14.7. The largest absolute Gasteiger partial charge is 0.481 e. The monoisotopic (exact) mass is 600 g/mol. The highest BCUT2D eigenvalue weighted by Gasteiger charge is 2.54. The van der Waals surface area contributed by atoms with Crippen LogP contribution >= 0.6 is 11.3 Å². The molecule has 1 aromatic heterocycles. The van der Waals surface area contributed by atoms with Crippen LogP contribution < -0.4 is 5.32 Å². The molecule has 2 saturated heterocycles. The van der Waals surface area contributed by atoms with E-state index in [-0.39, 0.29) is 36.3 Å². The molecule has 1 aliphatic carbocycles. The number of hydrogen-bond donors (Lipinski definition) is 2. The van der Waals surface area contributed by atoms with Crippen molar-refractivity contribution in [2.24, 2.45) is 10.4 Å². The number of amidine groups is 1. The average molecular weight is 601 g/mol. The summed E-state index contributed by atoms with van der Waals surface area (Å²) < 4.78 is 33.8. The fourth-order valence-corrected chi connectivity index (χ4v) is 6.59. The minimum absolute atomic E-state index is 0.0397. The molecule has 0 bridgehead atoms. The molecule has 2 amide bonds. The maximum atomic E-state index is 14.7. The van der Waals surface area contributed by atoms with Crippen molar-refractivity contribution in [1.29, 1.82) is 0 Å². The second kappa shape index (κ2) is 10.7. The zero-order chi connectivity index (χ0) is 29.8. The highest BCUT2D eigenvalue weighted by atomic mass is 32.1. The number of carboxylic acids is 1. The molecule has 4 aliphatic rings. The van der Waals surface area contributed by atoms with Gasteiger partial charge in [0, 0.05) is 56.5 Å². The van der Waals surface area contributed by atoms with Gasteiger partial charge in [0.2, 0.25) is 0 Å². The molecule has 42 heavy (non-hydrogen) atoms. The summed E-state index contributed by atoms with van der Waals surface area (Å²) >= 11 is 1.34. The van der Waals surface area contributed by atoms with Crippen molar-refractivity contribution in [3.8, 4) is 0 Å². The third-order valence-corrected chi connectivity index (χ3v) is 9.32. The van der Waals surface area contributed by atoms with Crippen LogP contribution in [0.4, 0.5) is 13.6 Å². The molecule has 222 valence electrons. The van der Waals surface area contributed by atoms with E-state index in [2.05, 4.69) is 15.2 Å². The number of fused-ring (bicyclic) bond motifs is 1. The lowest BCUT2D eigenvalue weighted by atomic mass is 9.92. The number of carbonyl (C=O) groups excluding carboxylic acids is 2. The number of aliphatic imine (C=N–C) groups is 1. The van der Waals surface area contributed by atoms with E-state index in [4.69, 9.17) is 9.73 Å². The highest BCUT2D eigenvalue weighted by molar-refractivity contribution is 7.11. The molecule has 3 fully saturated rings. The quantitative estimate of drug-likeness (QED) is 0.443. The van der Waals surface area contributed by atoms with Crippen molar-refractivity contribution < 1.29 is 33.0 Å². The first-order valence-corrected chi connectivity index (χ1v) is 14.5. The minimum Gasteiger partial charge on any atom is -0.481 e. The predicted molar refractivity (Wildman–Crippen MR) is 148 cm³/mol. The molecule has 0 radical (unpaired) electrons. The van der Waals surface area contributed by atoms with Crippen LogP contribution in [0.25, 0.3) is 0 Å². The molecule has 4 heterocycles. The van der Waals surface area contributed by atoms with Crippen molar-refractivity contribution in [1.82, 2.24) is 25.0 Å². The third kappa shape index (κ3) is 4.91. The number of rotatable bonds is 8. The number of ether oxygens (including phenoxy) is 1. The Bertz CT molecular complexity index is 1510. The highest BCUT2D eigenvalue weighted by Crippen LogP contribution is 2.47. The number of esters is 1. The van der Waals surface area contributed by atoms with E-state index in [9.17, 15) is 28.3 Å². The molecular formula is C28H30F2N6O5S. The number of thiazole rings is 1. The maximum Gasteiger partial charge on any atom is 0.338 e. The van der Waals surface area contributed by atoms with E-state index < -0.39 is 35.0 Å². The molecule has 6 rings (SSSR count). The number of amides is 2. The molecule has 0 spiro atoms. The summed E-state index contributed by atoms with van der Waals surface area (Å²) in [5, 5.41) is 15.2. The molecule has 1 aromatic carbocycles. The summed E-state index contributed by atoms with van der Waals surface area (Å²) in [7, 11) is 1.25. The fraction of sp³-hybridized carbons (Fsp3) is 0.464. The van der Waals surface area contributed by atoms with Crippen molar-refractivity contribution in [2.75, 3.05) is 46.4 Å². The first-order chi connectivity index (χ1) is 20.1. The van der Waals surface area contributed by atoms with Crippen molar-refractivity contribution in [3.63, 3.8) is 0 Å². The molecule has 14 heteroatoms. The number of piperazine rings is 1. The Kier molecular flexibility index (Phi) is 7.21. The number of nitrogens with one attached hydrogen (secondary N) is 1. The Morgan fingerprint density at radius 3 is 2.69 bits per heavy atom. The summed E-state index contributed by atoms with van der Waals surface area (Å²) in [6.07, 6.45) is 2.76. The van der Waals surface area contributed by atoms with Crippen molar-refractivity contribution in [3.05, 3.63) is 62.7 Å². The van der Waals surface area contributed by atoms with Gasteiger partial charge in [-0.05, 0) is 37.0 Å². The van der Waals surface area contributed by atoms with Gasteiger partial charge in [-0.1, -0.05) is 6.07 Å². The molecule has 2 aromatic rings. The van der Waals surface area contributed by atoms with Crippen LogP contribution in [0.15, 0.2) is 40.0 Å². The molecular weight excluding hydrogens is 570 g/mol. The lowest BCUT2D eigenvalue weighted by Gasteiger charge is -2.38. The van der Waals surface area contributed by atoms with Crippen molar-refractivity contribution >= 4 is 35.1 Å². The summed E-state index contributed by atoms with van der Waals surface area (Å²) in [6, 6.07) is 1.18. The number of nitrogens with zero attached hydrogens (tertiary/aromatic N) is 5. The number of hydrogen-bond acceptors (Lipinski definition) is 9. The van der Waals surface area contributed by atoms with Crippen LogP contribution in [0, 0.1) is 24.0 Å². The Hall–Kier alpha value is -3.91. The first kappa shape index (κ1) is 28.2. The molecule has 2 unspecified atom stereocenters. The predicted octanol–water partition coefficient (Wildman–Crippen LogP) is 2.53. The van der Waals surface area contributed by atoms with Gasteiger partial charge in [0.15, 0.2) is 22.5 Å². The zero-order valence-electron chi connectivity index (χ0n) is 23.1. The average Bonchev–Trinajstić information content (AvgIpc) is 3.42. The van der Waals surface area contributed by atoms with Gasteiger partial charge in [0.25, 0.3) is 0 Å². The van der Waals surface area contributed by atoms with Gasteiger partial charge < -0.3 is 25.0 Å². The molecule has 1 saturated carbocycles. The Labute approximate surface area is 244 Å². The molecule has 2 N–H and O–H groups in total. The molecule has 11 nitrogen and oxygen atoms in total. The van der Waals surface area contributed by atoms with E-state index in [0.29, 0.717) is 61.1 Å². The topological polar surface area (TPSA) is 128 Å². The summed E-state index contributed by atoms with van der Waals surface area (Å²) in [5.41, 5.74) is 0.202. The number of methoxy groups -OCH3 is 1. The van der Waals surface area contributed by atoms with Crippen LogP contribution in [0.3, 0.4) is 0 Å². The van der Waals surface area contributed by atoms with Gasteiger partial charge in [-0.3, -0.25) is 14.7 Å². The second-order valence-corrected chi connectivity index (χ2v) is 12.0. The Morgan fingerprint density at radius 1 is 1.24 bits per heavy atom. The number of aliphatic carboxylic acids is 1. The zero-order valence-corrected chi connectivity index (χ0v) is 23.9. The number of halogens is 2. The smallest absolute Gasteiger partial charge is 0.338 e. The number of carboxylic acid groups (broad SMARTS) is 1. The summed E-state index contributed by atoms with van der Waals surface area (Å²) in [4.78, 5) is 52.6. The number of benzene rings is 1. The lowest BCUT2D eigenvalue weighted by Crippen LogP contribution is -2.53. The van der Waals surface area contributed by atoms with Gasteiger partial charge in [-0.25, -0.2) is 23.4 Å². The van der Waals surface area contributed by atoms with E-state index in [1.54, 1.807) is 21.4 Å². The third-order valence-electron chi connectivity index (χ3n) is 8.54. The van der Waals surface area contributed by atoms with Gasteiger partial charge in [0.1, 0.15) is 6.04 Å². The van der Waals surface area contributed by atoms with Crippen LogP contribution in [0.5, 0.6) is 0 Å². The number of aromatic nitrogens is 1. The first-order valence-electron chi connectivity index (χ1n) is 13.6. The normalized spacial score (nSPS) is 23.4. The lowest BCUT2D eigenvalue weighted by molar-refractivity contribution is -0.143. The molecule has 2 atom stereocenters. The van der Waals surface area contributed by atoms with E-state index in [1.807, 2.05) is 0 Å². The van der Waals surface area contributed by atoms with Gasteiger partial charge in [-0.2, -0.15) is 0 Å². The molecule has 3 aliphatic heterocycles. The Morgan fingerprint density at radius 2 is 2.02 bits per heavy atom. The van der Waals surface area contributed by atoms with Crippen molar-refractivity contribution in [2.45, 2.75) is 31.8 Å². The second-order valence-electron chi connectivity index (χ2n) is 11.1. The van der Waals surface area contributed by atoms with Crippen LogP contribution in [0.2, 0.25) is 0 Å². The minimum atomic E-state index is -1.01. The van der Waals surface area contributed by atoms with Gasteiger partial charge in [-0.15, -0.1) is 11.3 Å². The van der Waals surface area contributed by atoms with Crippen LogP contribution in [-0.2, 0) is 14.3 Å². The summed E-state index contributed by atoms with van der Waals surface area (Å²) in [6.45, 7) is 3.80. The van der Waals surface area contributed by atoms with Crippen LogP contribution in [-0.4, -0.2) is 101 Å². The van der Waals surface area contributed by atoms with Crippen LogP contribution in [0.1, 0.15) is 35.0 Å². The van der Waals surface area contributed by atoms with E-state index in [0.717, 1.165) is 6.07 Å². The van der Waals surface area contributed by atoms with Gasteiger partial charge >= 0.3 is 18.0 Å². The summed E-state index contributed by atoms with van der Waals surface area (Å²) in [5.74, 6) is -3.13. The van der Waals surface area contributed by atoms with Gasteiger partial charge in [0.05, 0.1) is 24.1 Å². The SMILES string of the molecule is COC(=O)C1=C(CN2CCN3C(=O)N(CC4(C(=O)O)CC4)CC3C2)NC(c2nccs2)=NC1c1ccc(F)c(F)c1C. The number of carbonyl (C=O) groups is 3. The number of urea groups is 1. The fourth-order valence-electron chi connectivity index (χ4n) is 6.01. The van der Waals surface area contributed by atoms with E-state index >= 15 is 0 Å². The van der Waals surface area contributed by atoms with E-state index in [1.165, 1.54) is 31.4 Å². The Balaban J connectivity index is 1.29.